The van der Waals surface area contributed by atoms with Gasteiger partial charge in [0.05, 0.1) is 23.8 Å². The molecule has 112 valence electrons. The number of anilines is 1. The summed E-state index contributed by atoms with van der Waals surface area (Å²) in [6, 6.07) is 9.81. The Morgan fingerprint density at radius 2 is 1.90 bits per heavy atom. The van der Waals surface area contributed by atoms with E-state index in [4.69, 9.17) is 5.73 Å². The van der Waals surface area contributed by atoms with Crippen molar-refractivity contribution >= 4 is 11.6 Å². The molecule has 21 heavy (non-hydrogen) atoms. The molecule has 0 aliphatic carbocycles. The van der Waals surface area contributed by atoms with Gasteiger partial charge in [0.1, 0.15) is 0 Å². The molecule has 2 rings (SSSR count). The highest BCUT2D eigenvalue weighted by Gasteiger charge is 2.05. The third-order valence-corrected chi connectivity index (χ3v) is 3.25. The van der Waals surface area contributed by atoms with Crippen molar-refractivity contribution in [3.8, 4) is 5.69 Å². The summed E-state index contributed by atoms with van der Waals surface area (Å²) in [6.45, 7) is 0.727. The van der Waals surface area contributed by atoms with Crippen molar-refractivity contribution in [1.82, 2.24) is 9.78 Å². The van der Waals surface area contributed by atoms with E-state index in [1.54, 1.807) is 10.9 Å². The van der Waals surface area contributed by atoms with E-state index >= 15 is 0 Å². The lowest BCUT2D eigenvalue weighted by molar-refractivity contribution is -0.116. The Kier molecular flexibility index (Phi) is 5.97. The number of benzene rings is 1. The number of rotatable bonds is 8. The molecule has 2 aromatic rings. The highest BCUT2D eigenvalue weighted by Crippen LogP contribution is 2.12. The van der Waals surface area contributed by atoms with E-state index < -0.39 is 0 Å². The van der Waals surface area contributed by atoms with Gasteiger partial charge < -0.3 is 11.1 Å². The smallest absolute Gasteiger partial charge is 0.224 e. The minimum absolute atomic E-state index is 0.0374. The van der Waals surface area contributed by atoms with Gasteiger partial charge >= 0.3 is 0 Å². The van der Waals surface area contributed by atoms with Gasteiger partial charge in [0.2, 0.25) is 5.91 Å². The van der Waals surface area contributed by atoms with Crippen molar-refractivity contribution in [1.29, 1.82) is 0 Å². The van der Waals surface area contributed by atoms with Crippen LogP contribution >= 0.6 is 0 Å². The number of para-hydroxylation sites is 1. The Morgan fingerprint density at radius 1 is 1.14 bits per heavy atom. The maximum atomic E-state index is 11.8. The molecule has 0 saturated heterocycles. The van der Waals surface area contributed by atoms with Crippen molar-refractivity contribution in [3.05, 3.63) is 42.7 Å². The van der Waals surface area contributed by atoms with E-state index in [2.05, 4.69) is 10.4 Å². The Labute approximate surface area is 125 Å². The van der Waals surface area contributed by atoms with Crippen LogP contribution in [0.1, 0.15) is 32.1 Å². The second-order valence-corrected chi connectivity index (χ2v) is 5.01. The number of hydrogen-bond acceptors (Lipinski definition) is 3. The lowest BCUT2D eigenvalue weighted by Gasteiger charge is -2.02. The standard InChI is InChI=1S/C16H22N4O/c17-11-7-2-1-6-10-16(21)19-14-12-18-20(13-14)15-8-4-3-5-9-15/h3-5,8-9,12-13H,1-2,6-7,10-11,17H2,(H,19,21). The molecule has 1 amide bonds. The molecule has 0 radical (unpaired) electrons. The number of hydrogen-bond donors (Lipinski definition) is 2. The molecule has 1 aromatic carbocycles. The first-order valence-corrected chi connectivity index (χ1v) is 7.39. The number of aromatic nitrogens is 2. The predicted molar refractivity (Wildman–Crippen MR) is 84.3 cm³/mol. The quantitative estimate of drug-likeness (QED) is 0.733. The fourth-order valence-electron chi connectivity index (χ4n) is 2.12. The molecule has 0 aliphatic heterocycles. The summed E-state index contributed by atoms with van der Waals surface area (Å²) in [4.78, 5) is 11.8. The van der Waals surface area contributed by atoms with Gasteiger partial charge in [0, 0.05) is 6.42 Å². The Hall–Kier alpha value is -2.14. The van der Waals surface area contributed by atoms with E-state index in [9.17, 15) is 4.79 Å². The van der Waals surface area contributed by atoms with Crippen molar-refractivity contribution in [3.63, 3.8) is 0 Å². The third-order valence-electron chi connectivity index (χ3n) is 3.25. The minimum Gasteiger partial charge on any atom is -0.330 e. The van der Waals surface area contributed by atoms with Gasteiger partial charge in [-0.05, 0) is 31.5 Å². The Balaban J connectivity index is 1.78. The largest absolute Gasteiger partial charge is 0.330 e. The first-order valence-electron chi connectivity index (χ1n) is 7.39. The van der Waals surface area contributed by atoms with E-state index in [0.29, 0.717) is 6.42 Å². The molecule has 1 aromatic heterocycles. The lowest BCUT2D eigenvalue weighted by atomic mass is 10.1. The summed E-state index contributed by atoms with van der Waals surface area (Å²) in [6.07, 6.45) is 8.11. The lowest BCUT2D eigenvalue weighted by Crippen LogP contribution is -2.10. The molecule has 0 saturated carbocycles. The van der Waals surface area contributed by atoms with Crippen LogP contribution in [0.15, 0.2) is 42.7 Å². The van der Waals surface area contributed by atoms with Crippen LogP contribution in [0.25, 0.3) is 5.69 Å². The molecule has 0 unspecified atom stereocenters. The molecule has 5 heteroatoms. The van der Waals surface area contributed by atoms with E-state index in [1.165, 1.54) is 0 Å². The van der Waals surface area contributed by atoms with Crippen LogP contribution in [-0.2, 0) is 4.79 Å². The summed E-state index contributed by atoms with van der Waals surface area (Å²) in [7, 11) is 0. The number of nitrogens with two attached hydrogens (primary N) is 1. The molecule has 1 heterocycles. The number of amides is 1. The zero-order valence-electron chi connectivity index (χ0n) is 12.2. The van der Waals surface area contributed by atoms with E-state index in [-0.39, 0.29) is 5.91 Å². The molecular formula is C16H22N4O. The Morgan fingerprint density at radius 3 is 2.67 bits per heavy atom. The highest BCUT2D eigenvalue weighted by atomic mass is 16.1. The first kappa shape index (κ1) is 15.3. The molecule has 5 nitrogen and oxygen atoms in total. The van der Waals surface area contributed by atoms with Crippen LogP contribution in [-0.4, -0.2) is 22.2 Å². The molecule has 0 fully saturated rings. The Bertz CT molecular complexity index is 550. The maximum absolute atomic E-state index is 11.8. The van der Waals surface area contributed by atoms with Gasteiger partial charge in [-0.25, -0.2) is 4.68 Å². The van der Waals surface area contributed by atoms with Gasteiger partial charge in [-0.2, -0.15) is 5.10 Å². The van der Waals surface area contributed by atoms with Crippen LogP contribution in [0.4, 0.5) is 5.69 Å². The summed E-state index contributed by atoms with van der Waals surface area (Å²) < 4.78 is 1.75. The van der Waals surface area contributed by atoms with E-state index in [0.717, 1.165) is 43.6 Å². The van der Waals surface area contributed by atoms with Crippen molar-refractivity contribution in [2.75, 3.05) is 11.9 Å². The number of nitrogens with zero attached hydrogens (tertiary/aromatic N) is 2. The van der Waals surface area contributed by atoms with Gasteiger partial charge in [-0.1, -0.05) is 31.0 Å². The van der Waals surface area contributed by atoms with Crippen LogP contribution < -0.4 is 11.1 Å². The maximum Gasteiger partial charge on any atom is 0.224 e. The van der Waals surface area contributed by atoms with E-state index in [1.807, 2.05) is 36.5 Å². The molecule has 3 N–H and O–H groups in total. The van der Waals surface area contributed by atoms with Gasteiger partial charge in [0.25, 0.3) is 0 Å². The summed E-state index contributed by atoms with van der Waals surface area (Å²) >= 11 is 0. The number of carbonyl (C=O) groups is 1. The number of unbranched alkanes of at least 4 members (excludes halogenated alkanes) is 3. The molecule has 0 bridgehead atoms. The zero-order chi connectivity index (χ0) is 14.9. The minimum atomic E-state index is 0.0374. The summed E-state index contributed by atoms with van der Waals surface area (Å²) in [5, 5.41) is 7.12. The number of carbonyl (C=O) groups excluding carboxylic acids is 1. The zero-order valence-corrected chi connectivity index (χ0v) is 12.2. The topological polar surface area (TPSA) is 72.9 Å². The SMILES string of the molecule is NCCCCCCC(=O)Nc1cnn(-c2ccccc2)c1. The predicted octanol–water partition coefficient (Wildman–Crippen LogP) is 2.72. The highest BCUT2D eigenvalue weighted by molar-refractivity contribution is 5.90. The van der Waals surface area contributed by atoms with Crippen LogP contribution in [0.3, 0.4) is 0 Å². The summed E-state index contributed by atoms with van der Waals surface area (Å²) in [5.74, 6) is 0.0374. The number of nitrogens with one attached hydrogen (secondary N) is 1. The first-order chi connectivity index (χ1) is 10.3. The van der Waals surface area contributed by atoms with Crippen molar-refractivity contribution in [2.45, 2.75) is 32.1 Å². The van der Waals surface area contributed by atoms with Crippen LogP contribution in [0.5, 0.6) is 0 Å². The second kappa shape index (κ2) is 8.21. The monoisotopic (exact) mass is 286 g/mol. The molecule has 0 spiro atoms. The van der Waals surface area contributed by atoms with Crippen LogP contribution in [0.2, 0.25) is 0 Å². The van der Waals surface area contributed by atoms with Crippen molar-refractivity contribution in [2.24, 2.45) is 5.73 Å². The van der Waals surface area contributed by atoms with Crippen molar-refractivity contribution < 1.29 is 4.79 Å². The van der Waals surface area contributed by atoms with Gasteiger partial charge in [-0.15, -0.1) is 0 Å². The molecule has 0 aliphatic rings. The normalized spacial score (nSPS) is 10.5. The van der Waals surface area contributed by atoms with Crippen LogP contribution in [0, 0.1) is 0 Å². The van der Waals surface area contributed by atoms with Gasteiger partial charge in [-0.3, -0.25) is 4.79 Å². The average Bonchev–Trinajstić information content (AvgIpc) is 2.96. The van der Waals surface area contributed by atoms with Gasteiger partial charge in [0.15, 0.2) is 0 Å². The fourth-order valence-corrected chi connectivity index (χ4v) is 2.12. The molecule has 0 atom stereocenters. The molecular weight excluding hydrogens is 264 g/mol. The third kappa shape index (κ3) is 5.04. The average molecular weight is 286 g/mol. The fraction of sp³-hybridized carbons (Fsp3) is 0.375. The summed E-state index contributed by atoms with van der Waals surface area (Å²) in [5.41, 5.74) is 7.13. The second-order valence-electron chi connectivity index (χ2n) is 5.01.